The quantitative estimate of drug-likeness (QED) is 0.643. The zero-order valence-corrected chi connectivity index (χ0v) is 13.7. The molecule has 10 heteroatoms. The van der Waals surface area contributed by atoms with Crippen LogP contribution in [0.5, 0.6) is 5.75 Å². The summed E-state index contributed by atoms with van der Waals surface area (Å²) in [5.41, 5.74) is 0.600. The average Bonchev–Trinajstić information content (AvgIpc) is 2.92. The van der Waals surface area contributed by atoms with Crippen LogP contribution >= 0.6 is 15.9 Å². The Morgan fingerprint density at radius 3 is 2.72 bits per heavy atom. The SMILES string of the molecule is O=C(Nc1ccc(F)c(OC(F)(F)F)c1)c1cnc2cc(Br)ccn12. The fraction of sp³-hybridized carbons (Fsp3) is 0.0667. The predicted molar refractivity (Wildman–Crippen MR) is 83.9 cm³/mol. The Bertz CT molecular complexity index is 956. The van der Waals surface area contributed by atoms with Gasteiger partial charge < -0.3 is 10.1 Å². The van der Waals surface area contributed by atoms with Crippen LogP contribution in [0.1, 0.15) is 10.5 Å². The van der Waals surface area contributed by atoms with Crippen LogP contribution in [0.25, 0.3) is 5.65 Å². The summed E-state index contributed by atoms with van der Waals surface area (Å²) >= 11 is 3.28. The standard InChI is InChI=1S/C15H8BrF4N3O2/c16-8-3-4-23-11(7-21-13(23)5-8)14(24)22-9-1-2-10(17)12(6-9)25-15(18,19)20/h1-7H,(H,22,24). The Labute approximate surface area is 146 Å². The molecule has 0 saturated carbocycles. The van der Waals surface area contributed by atoms with E-state index in [1.54, 1.807) is 18.3 Å². The van der Waals surface area contributed by atoms with Crippen molar-refractivity contribution in [2.45, 2.75) is 6.36 Å². The number of nitrogens with one attached hydrogen (secondary N) is 1. The van der Waals surface area contributed by atoms with E-state index in [-0.39, 0.29) is 11.4 Å². The third kappa shape index (κ3) is 3.90. The van der Waals surface area contributed by atoms with Crippen LogP contribution in [0.2, 0.25) is 0 Å². The highest BCUT2D eigenvalue weighted by molar-refractivity contribution is 9.10. The molecule has 0 aliphatic rings. The van der Waals surface area contributed by atoms with Gasteiger partial charge in [-0.15, -0.1) is 13.2 Å². The summed E-state index contributed by atoms with van der Waals surface area (Å²) in [4.78, 5) is 16.4. The van der Waals surface area contributed by atoms with Crippen LogP contribution < -0.4 is 10.1 Å². The van der Waals surface area contributed by atoms with Crippen molar-refractivity contribution < 1.29 is 27.1 Å². The number of anilines is 1. The third-order valence-electron chi connectivity index (χ3n) is 3.12. The Balaban J connectivity index is 1.86. The first-order valence-corrected chi connectivity index (χ1v) is 7.51. The zero-order chi connectivity index (χ0) is 18.2. The molecule has 3 aromatic rings. The van der Waals surface area contributed by atoms with Gasteiger partial charge >= 0.3 is 6.36 Å². The zero-order valence-electron chi connectivity index (χ0n) is 12.1. The topological polar surface area (TPSA) is 55.6 Å². The molecular weight excluding hydrogens is 410 g/mol. The molecule has 3 rings (SSSR count). The number of imidazole rings is 1. The van der Waals surface area contributed by atoms with Gasteiger partial charge in [0.15, 0.2) is 11.6 Å². The van der Waals surface area contributed by atoms with Crippen molar-refractivity contribution in [1.29, 1.82) is 0 Å². The summed E-state index contributed by atoms with van der Waals surface area (Å²) in [6.07, 6.45) is -2.13. The molecule has 2 aromatic heterocycles. The summed E-state index contributed by atoms with van der Waals surface area (Å²) in [6.45, 7) is 0. The second-order valence-corrected chi connectivity index (χ2v) is 5.78. The number of nitrogens with zero attached hydrogens (tertiary/aromatic N) is 2. The van der Waals surface area contributed by atoms with Crippen molar-refractivity contribution in [2.24, 2.45) is 0 Å². The number of amides is 1. The van der Waals surface area contributed by atoms with Crippen LogP contribution in [0.4, 0.5) is 23.2 Å². The van der Waals surface area contributed by atoms with Gasteiger partial charge in [-0.1, -0.05) is 15.9 Å². The Kier molecular flexibility index (Phi) is 4.38. The molecule has 5 nitrogen and oxygen atoms in total. The molecule has 0 atom stereocenters. The fourth-order valence-electron chi connectivity index (χ4n) is 2.10. The van der Waals surface area contributed by atoms with Gasteiger partial charge in [-0.25, -0.2) is 9.37 Å². The molecule has 1 aromatic carbocycles. The molecule has 0 radical (unpaired) electrons. The number of halogens is 5. The second-order valence-electron chi connectivity index (χ2n) is 4.86. The lowest BCUT2D eigenvalue weighted by molar-refractivity contribution is -0.275. The number of pyridine rings is 1. The molecule has 2 heterocycles. The lowest BCUT2D eigenvalue weighted by Crippen LogP contribution is -2.18. The smallest absolute Gasteiger partial charge is 0.403 e. The van der Waals surface area contributed by atoms with Gasteiger partial charge in [-0.05, 0) is 24.3 Å². The normalized spacial score (nSPS) is 11.6. The number of carbonyl (C=O) groups is 1. The average molecular weight is 418 g/mol. The first kappa shape index (κ1) is 17.2. The van der Waals surface area contributed by atoms with E-state index in [1.165, 1.54) is 10.6 Å². The van der Waals surface area contributed by atoms with Gasteiger partial charge in [0.05, 0.1) is 6.20 Å². The van der Waals surface area contributed by atoms with Crippen molar-refractivity contribution in [2.75, 3.05) is 5.32 Å². The van der Waals surface area contributed by atoms with Crippen molar-refractivity contribution in [1.82, 2.24) is 9.38 Å². The summed E-state index contributed by atoms with van der Waals surface area (Å²) in [6, 6.07) is 6.02. The Morgan fingerprint density at radius 1 is 1.24 bits per heavy atom. The monoisotopic (exact) mass is 417 g/mol. The van der Waals surface area contributed by atoms with Crippen molar-refractivity contribution in [3.05, 3.63) is 58.7 Å². The van der Waals surface area contributed by atoms with Gasteiger partial charge in [0.2, 0.25) is 0 Å². The molecule has 0 aliphatic carbocycles. The molecule has 0 unspecified atom stereocenters. The highest BCUT2D eigenvalue weighted by Crippen LogP contribution is 2.28. The maximum Gasteiger partial charge on any atom is 0.573 e. The Morgan fingerprint density at radius 2 is 2.00 bits per heavy atom. The summed E-state index contributed by atoms with van der Waals surface area (Å²) in [7, 11) is 0. The number of hydrogen-bond donors (Lipinski definition) is 1. The van der Waals surface area contributed by atoms with E-state index in [0.29, 0.717) is 5.65 Å². The molecule has 0 bridgehead atoms. The molecule has 0 aliphatic heterocycles. The minimum atomic E-state index is -5.04. The van der Waals surface area contributed by atoms with Crippen LogP contribution in [0.3, 0.4) is 0 Å². The molecule has 1 amide bonds. The van der Waals surface area contributed by atoms with E-state index in [9.17, 15) is 22.4 Å². The molecule has 0 spiro atoms. The van der Waals surface area contributed by atoms with Crippen LogP contribution in [0, 0.1) is 5.82 Å². The van der Waals surface area contributed by atoms with E-state index in [2.05, 4.69) is 31.0 Å². The van der Waals surface area contributed by atoms with E-state index in [4.69, 9.17) is 0 Å². The number of alkyl halides is 3. The van der Waals surface area contributed by atoms with Crippen molar-refractivity contribution in [3.8, 4) is 5.75 Å². The number of fused-ring (bicyclic) bond motifs is 1. The third-order valence-corrected chi connectivity index (χ3v) is 3.62. The number of benzene rings is 1. The van der Waals surface area contributed by atoms with E-state index < -0.39 is 23.8 Å². The summed E-state index contributed by atoms with van der Waals surface area (Å²) in [5.74, 6) is -2.86. The maximum atomic E-state index is 13.4. The van der Waals surface area contributed by atoms with E-state index >= 15 is 0 Å². The fourth-order valence-corrected chi connectivity index (χ4v) is 2.43. The summed E-state index contributed by atoms with van der Waals surface area (Å²) in [5, 5.41) is 2.38. The minimum Gasteiger partial charge on any atom is -0.403 e. The van der Waals surface area contributed by atoms with Gasteiger partial charge in [-0.2, -0.15) is 0 Å². The van der Waals surface area contributed by atoms with Gasteiger partial charge in [0, 0.05) is 22.4 Å². The first-order chi connectivity index (χ1) is 11.7. The van der Waals surface area contributed by atoms with Crippen LogP contribution in [-0.2, 0) is 0 Å². The van der Waals surface area contributed by atoms with Gasteiger partial charge in [-0.3, -0.25) is 9.20 Å². The van der Waals surface area contributed by atoms with Crippen molar-refractivity contribution >= 4 is 33.2 Å². The number of hydrogen-bond acceptors (Lipinski definition) is 3. The number of rotatable bonds is 3. The second kappa shape index (κ2) is 6.36. The highest BCUT2D eigenvalue weighted by Gasteiger charge is 2.32. The van der Waals surface area contributed by atoms with Gasteiger partial charge in [0.25, 0.3) is 5.91 Å². The minimum absolute atomic E-state index is 0.0577. The number of carbonyl (C=O) groups excluding carboxylic acids is 1. The lowest BCUT2D eigenvalue weighted by Gasteiger charge is -2.11. The largest absolute Gasteiger partial charge is 0.573 e. The highest BCUT2D eigenvalue weighted by atomic mass is 79.9. The van der Waals surface area contributed by atoms with E-state index in [1.807, 2.05) is 0 Å². The first-order valence-electron chi connectivity index (χ1n) is 6.72. The molecule has 1 N–H and O–H groups in total. The van der Waals surface area contributed by atoms with Crippen LogP contribution in [-0.4, -0.2) is 21.7 Å². The Hall–Kier alpha value is -2.62. The van der Waals surface area contributed by atoms with E-state index in [0.717, 1.165) is 22.7 Å². The number of ether oxygens (including phenoxy) is 1. The maximum absolute atomic E-state index is 13.4. The molecule has 0 saturated heterocycles. The summed E-state index contributed by atoms with van der Waals surface area (Å²) < 4.78 is 56.0. The predicted octanol–water partition coefficient (Wildman–Crippen LogP) is 4.39. The molecule has 25 heavy (non-hydrogen) atoms. The number of aromatic nitrogens is 2. The van der Waals surface area contributed by atoms with Gasteiger partial charge in [0.1, 0.15) is 11.3 Å². The molecular formula is C15H8BrF4N3O2. The lowest BCUT2D eigenvalue weighted by atomic mass is 10.2. The van der Waals surface area contributed by atoms with Crippen LogP contribution in [0.15, 0.2) is 47.2 Å². The van der Waals surface area contributed by atoms with Crippen molar-refractivity contribution in [3.63, 3.8) is 0 Å². The molecule has 130 valence electrons. The molecule has 0 fully saturated rings.